The van der Waals surface area contributed by atoms with Crippen molar-refractivity contribution in [1.29, 1.82) is 0 Å². The van der Waals surface area contributed by atoms with Gasteiger partial charge >= 0.3 is 0 Å². The summed E-state index contributed by atoms with van der Waals surface area (Å²) >= 11 is 1.50. The third kappa shape index (κ3) is 2.58. The number of nitrogens with zero attached hydrogens (tertiary/aromatic N) is 2. The van der Waals surface area contributed by atoms with Gasteiger partial charge < -0.3 is 4.74 Å². The normalized spacial score (nSPS) is 20.0. The Morgan fingerprint density at radius 3 is 3.15 bits per heavy atom. The van der Waals surface area contributed by atoms with E-state index in [-0.39, 0.29) is 10.8 Å². The van der Waals surface area contributed by atoms with E-state index in [0.29, 0.717) is 13.2 Å². The second-order valence-corrected chi connectivity index (χ2v) is 7.98. The Labute approximate surface area is 122 Å². The van der Waals surface area contributed by atoms with Crippen molar-refractivity contribution in [2.24, 2.45) is 5.92 Å². The highest BCUT2D eigenvalue weighted by molar-refractivity contribution is 7.89. The molecule has 1 saturated heterocycles. The lowest BCUT2D eigenvalue weighted by molar-refractivity contribution is 0.182. The first kappa shape index (κ1) is 13.9. The predicted molar refractivity (Wildman–Crippen MR) is 78.4 cm³/mol. The Morgan fingerprint density at radius 1 is 1.55 bits per heavy atom. The Morgan fingerprint density at radius 2 is 2.40 bits per heavy atom. The minimum atomic E-state index is -3.47. The zero-order valence-corrected chi connectivity index (χ0v) is 12.8. The number of hydrogen-bond acceptors (Lipinski definition) is 5. The monoisotopic (exact) mass is 312 g/mol. The van der Waals surface area contributed by atoms with Gasteiger partial charge in [0.25, 0.3) is 0 Å². The number of fused-ring (bicyclic) bond motifs is 1. The van der Waals surface area contributed by atoms with E-state index in [1.54, 1.807) is 13.1 Å². The van der Waals surface area contributed by atoms with E-state index in [9.17, 15) is 8.42 Å². The van der Waals surface area contributed by atoms with Gasteiger partial charge in [0.2, 0.25) is 10.0 Å². The summed E-state index contributed by atoms with van der Waals surface area (Å²) in [5.41, 5.74) is 0.834. The molecule has 3 heterocycles. The standard InChI is InChI=1S/C13H16N2O3S2/c1-15(8-10-2-4-18-9-10)20(16,17)11-6-13-12(14-7-11)3-5-19-13/h3,5-7,10H,2,4,8-9H2,1H3. The Balaban J connectivity index is 1.85. The van der Waals surface area contributed by atoms with Gasteiger partial charge in [-0.15, -0.1) is 11.3 Å². The van der Waals surface area contributed by atoms with Crippen molar-refractivity contribution in [3.05, 3.63) is 23.7 Å². The first-order valence-corrected chi connectivity index (χ1v) is 8.76. The predicted octanol–water partition coefficient (Wildman–Crippen LogP) is 1.95. The van der Waals surface area contributed by atoms with E-state index in [2.05, 4.69) is 4.98 Å². The topological polar surface area (TPSA) is 59.5 Å². The summed E-state index contributed by atoms with van der Waals surface area (Å²) in [6.07, 6.45) is 2.36. The van der Waals surface area contributed by atoms with Gasteiger partial charge in [0.05, 0.1) is 16.8 Å². The number of thiophene rings is 1. The Bertz CT molecular complexity index is 705. The molecule has 1 fully saturated rings. The average molecular weight is 312 g/mol. The Kier molecular flexibility index (Phi) is 3.76. The number of ether oxygens (including phenoxy) is 1. The van der Waals surface area contributed by atoms with Gasteiger partial charge in [-0.2, -0.15) is 0 Å². The van der Waals surface area contributed by atoms with Crippen LogP contribution in [0.1, 0.15) is 6.42 Å². The molecule has 0 N–H and O–H groups in total. The molecule has 2 aromatic rings. The van der Waals surface area contributed by atoms with Crippen LogP contribution in [0.5, 0.6) is 0 Å². The maximum absolute atomic E-state index is 12.5. The van der Waals surface area contributed by atoms with Gasteiger partial charge in [-0.1, -0.05) is 0 Å². The fourth-order valence-electron chi connectivity index (χ4n) is 2.34. The van der Waals surface area contributed by atoms with Crippen molar-refractivity contribution in [2.45, 2.75) is 11.3 Å². The molecule has 20 heavy (non-hydrogen) atoms. The van der Waals surface area contributed by atoms with Crippen molar-refractivity contribution >= 4 is 31.6 Å². The number of pyridine rings is 1. The molecule has 5 nitrogen and oxygen atoms in total. The third-order valence-corrected chi connectivity index (χ3v) is 6.17. The van der Waals surface area contributed by atoms with Crippen molar-refractivity contribution in [1.82, 2.24) is 9.29 Å². The molecule has 7 heteroatoms. The minimum Gasteiger partial charge on any atom is -0.381 e. The SMILES string of the molecule is CN(CC1CCOC1)S(=O)(=O)c1cnc2ccsc2c1. The van der Waals surface area contributed by atoms with Crippen LogP contribution in [-0.4, -0.2) is 44.5 Å². The van der Waals surface area contributed by atoms with E-state index < -0.39 is 10.0 Å². The highest BCUT2D eigenvalue weighted by Gasteiger charge is 2.26. The molecular formula is C13H16N2O3S2. The summed E-state index contributed by atoms with van der Waals surface area (Å²) in [5, 5.41) is 1.91. The minimum absolute atomic E-state index is 0.258. The summed E-state index contributed by atoms with van der Waals surface area (Å²) in [5.74, 6) is 0.285. The summed E-state index contributed by atoms with van der Waals surface area (Å²) in [4.78, 5) is 4.46. The van der Waals surface area contributed by atoms with Gasteiger partial charge in [0, 0.05) is 26.4 Å². The molecule has 0 saturated carbocycles. The maximum Gasteiger partial charge on any atom is 0.244 e. The number of hydrogen-bond donors (Lipinski definition) is 0. The second-order valence-electron chi connectivity index (χ2n) is 4.99. The van der Waals surface area contributed by atoms with Gasteiger partial charge in [-0.05, 0) is 29.9 Å². The maximum atomic E-state index is 12.5. The van der Waals surface area contributed by atoms with Gasteiger partial charge in [-0.3, -0.25) is 4.98 Å². The largest absolute Gasteiger partial charge is 0.381 e. The summed E-state index contributed by atoms with van der Waals surface area (Å²) in [7, 11) is -1.86. The zero-order valence-electron chi connectivity index (χ0n) is 11.2. The molecule has 0 bridgehead atoms. The van der Waals surface area contributed by atoms with Gasteiger partial charge in [0.1, 0.15) is 4.90 Å². The molecule has 0 amide bonds. The molecule has 0 radical (unpaired) electrons. The van der Waals surface area contributed by atoms with Crippen LogP contribution in [0, 0.1) is 5.92 Å². The smallest absolute Gasteiger partial charge is 0.244 e. The number of sulfonamides is 1. The molecule has 0 aromatic carbocycles. The van der Waals surface area contributed by atoms with E-state index in [1.807, 2.05) is 11.4 Å². The first-order valence-electron chi connectivity index (χ1n) is 6.45. The van der Waals surface area contributed by atoms with Crippen LogP contribution >= 0.6 is 11.3 Å². The molecule has 1 atom stereocenters. The van der Waals surface area contributed by atoms with E-state index in [4.69, 9.17) is 4.74 Å². The molecule has 0 aliphatic carbocycles. The first-order chi connectivity index (χ1) is 9.57. The number of rotatable bonds is 4. The van der Waals surface area contributed by atoms with Crippen molar-refractivity contribution in [3.63, 3.8) is 0 Å². The van der Waals surface area contributed by atoms with Crippen LogP contribution in [-0.2, 0) is 14.8 Å². The molecule has 0 spiro atoms. The molecule has 2 aromatic heterocycles. The van der Waals surface area contributed by atoms with Crippen LogP contribution in [0.25, 0.3) is 10.2 Å². The molecule has 1 aliphatic heterocycles. The van der Waals surface area contributed by atoms with Crippen LogP contribution < -0.4 is 0 Å². The summed E-state index contributed by atoms with van der Waals surface area (Å²) < 4.78 is 32.7. The fraction of sp³-hybridized carbons (Fsp3) is 0.462. The van der Waals surface area contributed by atoms with E-state index in [0.717, 1.165) is 23.2 Å². The van der Waals surface area contributed by atoms with Crippen LogP contribution in [0.4, 0.5) is 0 Å². The highest BCUT2D eigenvalue weighted by atomic mass is 32.2. The number of aromatic nitrogens is 1. The second kappa shape index (κ2) is 5.40. The van der Waals surface area contributed by atoms with Crippen molar-refractivity contribution in [3.8, 4) is 0 Å². The van der Waals surface area contributed by atoms with E-state index >= 15 is 0 Å². The van der Waals surface area contributed by atoms with Crippen molar-refractivity contribution in [2.75, 3.05) is 26.8 Å². The average Bonchev–Trinajstić information content (AvgIpc) is 3.07. The van der Waals surface area contributed by atoms with Crippen LogP contribution in [0.3, 0.4) is 0 Å². The van der Waals surface area contributed by atoms with E-state index in [1.165, 1.54) is 21.8 Å². The summed E-state index contributed by atoms with van der Waals surface area (Å²) in [6, 6.07) is 3.58. The highest BCUT2D eigenvalue weighted by Crippen LogP contribution is 2.24. The molecule has 1 unspecified atom stereocenters. The quantitative estimate of drug-likeness (QED) is 0.866. The van der Waals surface area contributed by atoms with Gasteiger partial charge in [0.15, 0.2) is 0 Å². The van der Waals surface area contributed by atoms with Gasteiger partial charge in [-0.25, -0.2) is 12.7 Å². The Hall–Kier alpha value is -1.02. The lowest BCUT2D eigenvalue weighted by Crippen LogP contribution is -2.32. The lowest BCUT2D eigenvalue weighted by Gasteiger charge is -2.19. The summed E-state index contributed by atoms with van der Waals surface area (Å²) in [6.45, 7) is 1.86. The molecule has 1 aliphatic rings. The third-order valence-electron chi connectivity index (χ3n) is 3.53. The van der Waals surface area contributed by atoms with Crippen LogP contribution in [0.2, 0.25) is 0 Å². The molecular weight excluding hydrogens is 296 g/mol. The molecule has 3 rings (SSSR count). The lowest BCUT2D eigenvalue weighted by atomic mass is 10.1. The molecule has 108 valence electrons. The fourth-order valence-corrected chi connectivity index (χ4v) is 4.41. The van der Waals surface area contributed by atoms with Crippen molar-refractivity contribution < 1.29 is 13.2 Å². The zero-order chi connectivity index (χ0) is 14.2. The van der Waals surface area contributed by atoms with Crippen LogP contribution in [0.15, 0.2) is 28.6 Å².